The fourth-order valence-electron chi connectivity index (χ4n) is 0.839. The van der Waals surface area contributed by atoms with Crippen LogP contribution in [-0.2, 0) is 10.2 Å². The fourth-order valence-corrected chi connectivity index (χ4v) is 0.839. The van der Waals surface area contributed by atoms with Crippen molar-refractivity contribution in [2.75, 3.05) is 0 Å². The summed E-state index contributed by atoms with van der Waals surface area (Å²) in [6.45, 7) is 5.53. The average Bonchev–Trinajstić information content (AvgIpc) is 2.36. The molecule has 0 atom stereocenters. The van der Waals surface area contributed by atoms with Crippen LogP contribution in [0.25, 0.3) is 0 Å². The number of carbonyl (C=O) groups excluding carboxylic acids is 1. The van der Waals surface area contributed by atoms with Crippen molar-refractivity contribution in [3.8, 4) is 0 Å². The van der Waals surface area contributed by atoms with Crippen LogP contribution in [0.5, 0.6) is 0 Å². The van der Waals surface area contributed by atoms with Crippen molar-refractivity contribution in [2.45, 2.75) is 26.2 Å². The van der Waals surface area contributed by atoms with Crippen molar-refractivity contribution in [1.29, 1.82) is 0 Å². The Hall–Kier alpha value is -1.05. The summed E-state index contributed by atoms with van der Waals surface area (Å²) in [5.41, 5.74) is -0.492. The van der Waals surface area contributed by atoms with E-state index in [2.05, 4.69) is 0 Å². The summed E-state index contributed by atoms with van der Waals surface area (Å²) in [6.07, 6.45) is 0.894. The highest BCUT2D eigenvalue weighted by atomic mass is 16.3. The van der Waals surface area contributed by atoms with E-state index in [4.69, 9.17) is 4.42 Å². The molecule has 0 bridgehead atoms. The average molecular weight is 152 g/mol. The van der Waals surface area contributed by atoms with Gasteiger partial charge >= 0.3 is 0 Å². The minimum atomic E-state index is -0.492. The first-order chi connectivity index (χ1) is 5.06. The molecule has 0 aliphatic heterocycles. The van der Waals surface area contributed by atoms with Crippen molar-refractivity contribution in [2.24, 2.45) is 0 Å². The molecule has 1 heterocycles. The maximum absolute atomic E-state index is 10.6. The third kappa shape index (κ3) is 1.50. The molecule has 0 N–H and O–H groups in total. The van der Waals surface area contributed by atoms with Crippen LogP contribution in [0.4, 0.5) is 0 Å². The summed E-state index contributed by atoms with van der Waals surface area (Å²) in [4.78, 5) is 10.6. The number of furan rings is 1. The third-order valence-electron chi connectivity index (χ3n) is 1.67. The molecule has 0 aromatic carbocycles. The standard InChI is InChI=1S/C9H12O2/c1-7-4-5-8(11-7)9(2,3)6-10/h4-6H,1-3H3. The van der Waals surface area contributed by atoms with Crippen LogP contribution in [0, 0.1) is 6.92 Å². The van der Waals surface area contributed by atoms with Gasteiger partial charge in [0.05, 0.1) is 5.41 Å². The van der Waals surface area contributed by atoms with Crippen LogP contribution in [-0.4, -0.2) is 6.29 Å². The Bertz CT molecular complexity index is 258. The van der Waals surface area contributed by atoms with E-state index in [9.17, 15) is 4.79 Å². The zero-order valence-electron chi connectivity index (χ0n) is 7.05. The second kappa shape index (κ2) is 2.53. The lowest BCUT2D eigenvalue weighted by Gasteiger charge is -2.12. The molecule has 11 heavy (non-hydrogen) atoms. The number of carbonyl (C=O) groups is 1. The Morgan fingerprint density at radius 3 is 2.45 bits per heavy atom. The van der Waals surface area contributed by atoms with E-state index in [-0.39, 0.29) is 0 Å². The van der Waals surface area contributed by atoms with E-state index in [1.807, 2.05) is 32.9 Å². The minimum absolute atomic E-state index is 0.492. The number of rotatable bonds is 2. The first-order valence-electron chi connectivity index (χ1n) is 3.59. The first kappa shape index (κ1) is 8.05. The van der Waals surface area contributed by atoms with Crippen LogP contribution in [0.3, 0.4) is 0 Å². The molecule has 60 valence electrons. The number of hydrogen-bond donors (Lipinski definition) is 0. The molecule has 0 unspecified atom stereocenters. The summed E-state index contributed by atoms with van der Waals surface area (Å²) in [5.74, 6) is 1.57. The van der Waals surface area contributed by atoms with E-state index in [1.54, 1.807) is 0 Å². The summed E-state index contributed by atoms with van der Waals surface area (Å²) < 4.78 is 5.31. The van der Waals surface area contributed by atoms with Crippen molar-refractivity contribution in [3.05, 3.63) is 23.7 Å². The van der Waals surface area contributed by atoms with Gasteiger partial charge in [0.1, 0.15) is 17.8 Å². The lowest BCUT2D eigenvalue weighted by atomic mass is 9.93. The molecule has 0 fully saturated rings. The largest absolute Gasteiger partial charge is 0.465 e. The number of hydrogen-bond acceptors (Lipinski definition) is 2. The molecule has 1 rings (SSSR count). The van der Waals surface area contributed by atoms with E-state index < -0.39 is 5.41 Å². The van der Waals surface area contributed by atoms with Crippen molar-refractivity contribution >= 4 is 6.29 Å². The van der Waals surface area contributed by atoms with Gasteiger partial charge in [-0.25, -0.2) is 0 Å². The molecule has 2 heteroatoms. The van der Waals surface area contributed by atoms with Crippen LogP contribution in [0.2, 0.25) is 0 Å². The van der Waals surface area contributed by atoms with E-state index in [0.717, 1.165) is 17.8 Å². The molecular weight excluding hydrogens is 140 g/mol. The summed E-state index contributed by atoms with van der Waals surface area (Å²) in [7, 11) is 0. The molecule has 0 radical (unpaired) electrons. The van der Waals surface area contributed by atoms with Gasteiger partial charge in [-0.2, -0.15) is 0 Å². The smallest absolute Gasteiger partial charge is 0.133 e. The molecule has 0 amide bonds. The highest BCUT2D eigenvalue weighted by molar-refractivity contribution is 5.65. The minimum Gasteiger partial charge on any atom is -0.465 e. The first-order valence-corrected chi connectivity index (χ1v) is 3.59. The Morgan fingerprint density at radius 2 is 2.09 bits per heavy atom. The normalized spacial score (nSPS) is 11.5. The van der Waals surface area contributed by atoms with E-state index in [0.29, 0.717) is 0 Å². The maximum Gasteiger partial charge on any atom is 0.133 e. The second-order valence-corrected chi connectivity index (χ2v) is 3.25. The van der Waals surface area contributed by atoms with Crippen LogP contribution in [0.15, 0.2) is 16.5 Å². The maximum atomic E-state index is 10.6. The predicted molar refractivity (Wildman–Crippen MR) is 42.5 cm³/mol. The Kier molecular flexibility index (Phi) is 1.85. The third-order valence-corrected chi connectivity index (χ3v) is 1.67. The number of aldehydes is 1. The van der Waals surface area contributed by atoms with Crippen LogP contribution in [0.1, 0.15) is 25.4 Å². The molecule has 1 aromatic rings. The van der Waals surface area contributed by atoms with Gasteiger partial charge in [0, 0.05) is 0 Å². The molecule has 0 aliphatic carbocycles. The van der Waals surface area contributed by atoms with Crippen LogP contribution >= 0.6 is 0 Å². The molecule has 0 saturated carbocycles. The highest BCUT2D eigenvalue weighted by Crippen LogP contribution is 2.22. The van der Waals surface area contributed by atoms with Crippen molar-refractivity contribution < 1.29 is 9.21 Å². The molecule has 2 nitrogen and oxygen atoms in total. The van der Waals surface area contributed by atoms with Crippen molar-refractivity contribution in [1.82, 2.24) is 0 Å². The van der Waals surface area contributed by atoms with E-state index >= 15 is 0 Å². The molecule has 0 spiro atoms. The second-order valence-electron chi connectivity index (χ2n) is 3.25. The summed E-state index contributed by atoms with van der Waals surface area (Å²) in [6, 6.07) is 3.70. The zero-order chi connectivity index (χ0) is 8.48. The lowest BCUT2D eigenvalue weighted by Crippen LogP contribution is -2.17. The van der Waals surface area contributed by atoms with Gasteiger partial charge < -0.3 is 9.21 Å². The fraction of sp³-hybridized carbons (Fsp3) is 0.444. The zero-order valence-corrected chi connectivity index (χ0v) is 7.05. The summed E-state index contributed by atoms with van der Waals surface area (Å²) in [5, 5.41) is 0. The SMILES string of the molecule is Cc1ccc(C(C)(C)C=O)o1. The highest BCUT2D eigenvalue weighted by Gasteiger charge is 2.22. The molecular formula is C9H12O2. The van der Waals surface area contributed by atoms with Gasteiger partial charge in [-0.15, -0.1) is 0 Å². The molecule has 0 aliphatic rings. The van der Waals surface area contributed by atoms with Gasteiger partial charge in [-0.3, -0.25) is 0 Å². The Labute approximate surface area is 66.2 Å². The predicted octanol–water partition coefficient (Wildman–Crippen LogP) is 2.06. The lowest BCUT2D eigenvalue weighted by molar-refractivity contribution is -0.112. The van der Waals surface area contributed by atoms with Gasteiger partial charge in [0.25, 0.3) is 0 Å². The van der Waals surface area contributed by atoms with E-state index in [1.165, 1.54) is 0 Å². The molecule has 1 aromatic heterocycles. The van der Waals surface area contributed by atoms with Gasteiger partial charge in [-0.05, 0) is 32.9 Å². The van der Waals surface area contributed by atoms with Crippen molar-refractivity contribution in [3.63, 3.8) is 0 Å². The monoisotopic (exact) mass is 152 g/mol. The van der Waals surface area contributed by atoms with Gasteiger partial charge in [0.2, 0.25) is 0 Å². The Balaban J connectivity index is 3.01. The summed E-state index contributed by atoms with van der Waals surface area (Å²) >= 11 is 0. The molecule has 0 saturated heterocycles. The van der Waals surface area contributed by atoms with Gasteiger partial charge in [0.15, 0.2) is 0 Å². The van der Waals surface area contributed by atoms with Gasteiger partial charge in [-0.1, -0.05) is 0 Å². The Morgan fingerprint density at radius 1 is 1.45 bits per heavy atom. The number of aryl methyl sites for hydroxylation is 1. The topological polar surface area (TPSA) is 30.2 Å². The quantitative estimate of drug-likeness (QED) is 0.607. The van der Waals surface area contributed by atoms with Crippen LogP contribution < -0.4 is 0 Å².